The minimum atomic E-state index is -0.276. The molecule has 2 amide bonds. The van der Waals surface area contributed by atoms with Gasteiger partial charge in [-0.1, -0.05) is 30.3 Å². The van der Waals surface area contributed by atoms with Gasteiger partial charge in [-0.25, -0.2) is 9.78 Å². The van der Waals surface area contributed by atoms with E-state index in [9.17, 15) is 4.79 Å². The maximum atomic E-state index is 12.3. The highest BCUT2D eigenvalue weighted by atomic mass is 16.5. The molecule has 2 heterocycles. The van der Waals surface area contributed by atoms with Crippen molar-refractivity contribution in [3.05, 3.63) is 54.1 Å². The van der Waals surface area contributed by atoms with Crippen LogP contribution < -0.4 is 5.32 Å². The monoisotopic (exact) mass is 342 g/mol. The number of ether oxygens (including phenoxy) is 1. The molecule has 1 aliphatic rings. The number of hydrogen-bond donors (Lipinski definition) is 1. The molecular formula is C19H26N4O2. The Morgan fingerprint density at radius 1 is 1.32 bits per heavy atom. The van der Waals surface area contributed by atoms with Crippen LogP contribution in [0.4, 0.5) is 4.79 Å². The molecule has 0 unspecified atom stereocenters. The number of amides is 2. The lowest BCUT2D eigenvalue weighted by molar-refractivity contribution is -0.0733. The first-order valence-electron chi connectivity index (χ1n) is 8.74. The van der Waals surface area contributed by atoms with Gasteiger partial charge in [0.2, 0.25) is 0 Å². The maximum absolute atomic E-state index is 12.3. The molecule has 0 atom stereocenters. The summed E-state index contributed by atoms with van der Waals surface area (Å²) in [6, 6.07) is 10.3. The van der Waals surface area contributed by atoms with Gasteiger partial charge in [-0.2, -0.15) is 0 Å². The van der Waals surface area contributed by atoms with Crippen LogP contribution in [-0.4, -0.2) is 52.3 Å². The average molecular weight is 342 g/mol. The second-order valence-corrected chi connectivity index (χ2v) is 6.97. The van der Waals surface area contributed by atoms with Crippen LogP contribution in [0.2, 0.25) is 0 Å². The van der Waals surface area contributed by atoms with E-state index in [2.05, 4.69) is 27.0 Å². The maximum Gasteiger partial charge on any atom is 0.317 e. The number of carbonyl (C=O) groups excluding carboxylic acids is 1. The van der Waals surface area contributed by atoms with Crippen molar-refractivity contribution in [2.45, 2.75) is 32.4 Å². The van der Waals surface area contributed by atoms with E-state index < -0.39 is 0 Å². The van der Waals surface area contributed by atoms with Gasteiger partial charge in [-0.15, -0.1) is 0 Å². The Balaban J connectivity index is 1.49. The van der Waals surface area contributed by atoms with Crippen LogP contribution in [0.15, 0.2) is 42.7 Å². The molecule has 134 valence electrons. The molecule has 3 rings (SSSR count). The highest BCUT2D eigenvalue weighted by Crippen LogP contribution is 2.16. The Morgan fingerprint density at radius 3 is 2.88 bits per heavy atom. The molecule has 1 aromatic heterocycles. The number of nitrogens with zero attached hydrogens (tertiary/aromatic N) is 3. The lowest BCUT2D eigenvalue weighted by Gasteiger charge is -2.38. The molecule has 0 aliphatic carbocycles. The third kappa shape index (κ3) is 4.82. The third-order valence-corrected chi connectivity index (χ3v) is 4.34. The zero-order valence-corrected chi connectivity index (χ0v) is 14.9. The zero-order valence-electron chi connectivity index (χ0n) is 14.9. The van der Waals surface area contributed by atoms with Crippen LogP contribution in [0.25, 0.3) is 0 Å². The van der Waals surface area contributed by atoms with Crippen molar-refractivity contribution >= 4 is 6.03 Å². The fourth-order valence-corrected chi connectivity index (χ4v) is 3.08. The highest BCUT2D eigenvalue weighted by Gasteiger charge is 2.29. The fourth-order valence-electron chi connectivity index (χ4n) is 3.08. The normalized spacial score (nSPS) is 16.6. The number of imidazole rings is 1. The van der Waals surface area contributed by atoms with E-state index in [0.29, 0.717) is 32.7 Å². The first kappa shape index (κ1) is 17.5. The van der Waals surface area contributed by atoms with Crippen LogP contribution in [0, 0.1) is 0 Å². The molecule has 6 nitrogen and oxygen atoms in total. The molecule has 2 aromatic rings. The Bertz CT molecular complexity index is 696. The summed E-state index contributed by atoms with van der Waals surface area (Å²) < 4.78 is 7.77. The van der Waals surface area contributed by atoms with Gasteiger partial charge in [0.15, 0.2) is 0 Å². The summed E-state index contributed by atoms with van der Waals surface area (Å²) in [5, 5.41) is 3.00. The summed E-state index contributed by atoms with van der Waals surface area (Å²) in [5.41, 5.74) is 0.961. The highest BCUT2D eigenvalue weighted by molar-refractivity contribution is 5.74. The minimum absolute atomic E-state index is 0.0301. The Morgan fingerprint density at radius 2 is 2.12 bits per heavy atom. The van der Waals surface area contributed by atoms with Crippen LogP contribution in [0.1, 0.15) is 25.2 Å². The molecule has 1 aromatic carbocycles. The van der Waals surface area contributed by atoms with E-state index in [4.69, 9.17) is 4.74 Å². The third-order valence-electron chi connectivity index (χ3n) is 4.34. The SMILES string of the molecule is CC1(C)CN(C(=O)NCCc2nccn2Cc2ccccc2)CCO1. The summed E-state index contributed by atoms with van der Waals surface area (Å²) in [6.07, 6.45) is 4.50. The lowest BCUT2D eigenvalue weighted by Crippen LogP contribution is -2.53. The van der Waals surface area contributed by atoms with Crippen LogP contribution in [0.3, 0.4) is 0 Å². The zero-order chi connectivity index (χ0) is 17.7. The largest absolute Gasteiger partial charge is 0.372 e. The molecule has 25 heavy (non-hydrogen) atoms. The van der Waals surface area contributed by atoms with Crippen LogP contribution in [-0.2, 0) is 17.7 Å². The van der Waals surface area contributed by atoms with Gasteiger partial charge >= 0.3 is 6.03 Å². The molecule has 0 radical (unpaired) electrons. The summed E-state index contributed by atoms with van der Waals surface area (Å²) in [5.74, 6) is 0.978. The number of aromatic nitrogens is 2. The fraction of sp³-hybridized carbons (Fsp3) is 0.474. The van der Waals surface area contributed by atoms with Crippen LogP contribution >= 0.6 is 0 Å². The van der Waals surface area contributed by atoms with Gasteiger partial charge in [0.25, 0.3) is 0 Å². The second-order valence-electron chi connectivity index (χ2n) is 6.97. The molecule has 1 saturated heterocycles. The van der Waals surface area contributed by atoms with Gasteiger partial charge in [-0.05, 0) is 19.4 Å². The van der Waals surface area contributed by atoms with Gasteiger partial charge in [0, 0.05) is 38.4 Å². The van der Waals surface area contributed by atoms with Crippen molar-refractivity contribution in [3.63, 3.8) is 0 Å². The van der Waals surface area contributed by atoms with E-state index >= 15 is 0 Å². The number of carbonyl (C=O) groups is 1. The van der Waals surface area contributed by atoms with Gasteiger partial charge in [0.05, 0.1) is 18.8 Å². The predicted molar refractivity (Wildman–Crippen MR) is 96.5 cm³/mol. The quantitative estimate of drug-likeness (QED) is 0.907. The molecule has 0 bridgehead atoms. The summed E-state index contributed by atoms with van der Waals surface area (Å²) >= 11 is 0. The molecule has 1 aliphatic heterocycles. The van der Waals surface area contributed by atoms with Gasteiger partial charge in [0.1, 0.15) is 5.82 Å². The molecule has 0 saturated carbocycles. The molecule has 1 fully saturated rings. The summed E-state index contributed by atoms with van der Waals surface area (Å²) in [7, 11) is 0. The number of nitrogens with one attached hydrogen (secondary N) is 1. The lowest BCUT2D eigenvalue weighted by atomic mass is 10.1. The summed E-state index contributed by atoms with van der Waals surface area (Å²) in [4.78, 5) is 18.6. The number of morpholine rings is 1. The average Bonchev–Trinajstić information content (AvgIpc) is 3.02. The number of hydrogen-bond acceptors (Lipinski definition) is 3. The van der Waals surface area contributed by atoms with Crippen molar-refractivity contribution < 1.29 is 9.53 Å². The number of rotatable bonds is 5. The topological polar surface area (TPSA) is 59.4 Å². The van der Waals surface area contributed by atoms with E-state index in [1.807, 2.05) is 49.3 Å². The Kier molecular flexibility index (Phi) is 5.38. The van der Waals surface area contributed by atoms with Crippen molar-refractivity contribution in [2.24, 2.45) is 0 Å². The number of benzene rings is 1. The molecular weight excluding hydrogens is 316 g/mol. The van der Waals surface area contributed by atoms with Crippen LogP contribution in [0.5, 0.6) is 0 Å². The Labute approximate surface area is 148 Å². The van der Waals surface area contributed by atoms with Gasteiger partial charge < -0.3 is 19.5 Å². The van der Waals surface area contributed by atoms with E-state index in [-0.39, 0.29) is 11.6 Å². The van der Waals surface area contributed by atoms with Crippen molar-refractivity contribution in [1.82, 2.24) is 19.8 Å². The molecule has 1 N–H and O–H groups in total. The van der Waals surface area contributed by atoms with Crippen molar-refractivity contribution in [1.29, 1.82) is 0 Å². The van der Waals surface area contributed by atoms with Crippen molar-refractivity contribution in [3.8, 4) is 0 Å². The van der Waals surface area contributed by atoms with Gasteiger partial charge in [-0.3, -0.25) is 0 Å². The molecule has 0 spiro atoms. The number of urea groups is 1. The Hall–Kier alpha value is -2.34. The first-order chi connectivity index (χ1) is 12.0. The van der Waals surface area contributed by atoms with E-state index in [1.54, 1.807) is 0 Å². The summed E-state index contributed by atoms with van der Waals surface area (Å²) in [6.45, 7) is 7.21. The standard InChI is InChI=1S/C19H26N4O2/c1-19(2)15-23(12-13-25-19)18(24)21-9-8-17-20-10-11-22(17)14-16-6-4-3-5-7-16/h3-7,10-11H,8-9,12-15H2,1-2H3,(H,21,24). The van der Waals surface area contributed by atoms with E-state index in [1.165, 1.54) is 5.56 Å². The predicted octanol–water partition coefficient (Wildman–Crippen LogP) is 2.29. The minimum Gasteiger partial charge on any atom is -0.372 e. The van der Waals surface area contributed by atoms with E-state index in [0.717, 1.165) is 12.4 Å². The molecule has 6 heteroatoms. The van der Waals surface area contributed by atoms with Crippen molar-refractivity contribution in [2.75, 3.05) is 26.2 Å². The second kappa shape index (κ2) is 7.70. The first-order valence-corrected chi connectivity index (χ1v) is 8.74. The smallest absolute Gasteiger partial charge is 0.317 e.